The molecule has 24 heavy (non-hydrogen) atoms. The van der Waals surface area contributed by atoms with Crippen molar-refractivity contribution in [2.24, 2.45) is 0 Å². The van der Waals surface area contributed by atoms with Gasteiger partial charge >= 0.3 is 0 Å². The number of nitrogen functional groups attached to an aromatic ring is 1. The summed E-state index contributed by atoms with van der Waals surface area (Å²) in [5.74, 6) is 1.03. The Morgan fingerprint density at radius 1 is 1.33 bits per heavy atom. The highest BCUT2D eigenvalue weighted by Gasteiger charge is 2.27. The third kappa shape index (κ3) is 4.12. The number of aromatic amines is 1. The van der Waals surface area contributed by atoms with Crippen molar-refractivity contribution < 1.29 is 0 Å². The largest absolute Gasteiger partial charge is 0.368 e. The number of anilines is 2. The van der Waals surface area contributed by atoms with Crippen LogP contribution in [-0.2, 0) is 6.42 Å². The molecular weight excluding hydrogens is 347 g/mol. The van der Waals surface area contributed by atoms with Crippen LogP contribution in [0.2, 0.25) is 5.02 Å². The quantitative estimate of drug-likeness (QED) is 0.626. The van der Waals surface area contributed by atoms with Crippen LogP contribution in [0.1, 0.15) is 18.4 Å². The number of likely N-dealkylation sites (N-methyl/N-ethyl adjacent to an activating group) is 1. The maximum atomic E-state index is 6.63. The minimum atomic E-state index is -0.0399. The lowest BCUT2D eigenvalue weighted by Crippen LogP contribution is -2.46. The van der Waals surface area contributed by atoms with Gasteiger partial charge in [-0.15, -0.1) is 16.7 Å². The van der Waals surface area contributed by atoms with Gasteiger partial charge in [0, 0.05) is 30.6 Å². The second-order valence-electron chi connectivity index (χ2n) is 6.17. The van der Waals surface area contributed by atoms with Gasteiger partial charge in [-0.1, -0.05) is 23.7 Å². The Balaban J connectivity index is 1.52. The molecule has 8 heteroatoms. The number of nitrogens with one attached hydrogen (secondary N) is 1. The van der Waals surface area contributed by atoms with E-state index in [2.05, 4.69) is 32.0 Å². The van der Waals surface area contributed by atoms with Crippen LogP contribution in [0.5, 0.6) is 0 Å². The van der Waals surface area contributed by atoms with Gasteiger partial charge in [0.25, 0.3) is 0 Å². The van der Waals surface area contributed by atoms with Gasteiger partial charge in [-0.2, -0.15) is 4.98 Å². The second-order valence-corrected chi connectivity index (χ2v) is 7.11. The molecule has 0 bridgehead atoms. The number of nitrogens with zero attached hydrogens (tertiary/aromatic N) is 4. The van der Waals surface area contributed by atoms with Crippen LogP contribution in [0.3, 0.4) is 0 Å². The first-order valence-corrected chi connectivity index (χ1v) is 8.87. The summed E-state index contributed by atoms with van der Waals surface area (Å²) in [5.41, 5.74) is 6.75. The Labute approximate surface area is 151 Å². The third-order valence-corrected chi connectivity index (χ3v) is 5.29. The summed E-state index contributed by atoms with van der Waals surface area (Å²) < 4.78 is 0. The highest BCUT2D eigenvalue weighted by molar-refractivity contribution is 6.30. The molecule has 0 saturated carbocycles. The first-order valence-electron chi connectivity index (χ1n) is 8.06. The maximum absolute atomic E-state index is 6.63. The van der Waals surface area contributed by atoms with Crippen molar-refractivity contribution in [1.82, 2.24) is 20.1 Å². The zero-order valence-corrected chi connectivity index (χ0v) is 15.1. The van der Waals surface area contributed by atoms with Crippen LogP contribution in [0.25, 0.3) is 0 Å². The Hall–Kier alpha value is -1.50. The number of halogens is 2. The van der Waals surface area contributed by atoms with E-state index in [0.717, 1.165) is 37.4 Å². The van der Waals surface area contributed by atoms with E-state index in [1.165, 1.54) is 5.56 Å². The zero-order valence-electron chi connectivity index (χ0n) is 13.6. The maximum Gasteiger partial charge on any atom is 0.246 e. The Kier molecular flexibility index (Phi) is 5.48. The van der Waals surface area contributed by atoms with E-state index >= 15 is 0 Å². The Morgan fingerprint density at radius 3 is 2.58 bits per heavy atom. The van der Waals surface area contributed by atoms with E-state index in [0.29, 0.717) is 17.9 Å². The van der Waals surface area contributed by atoms with Gasteiger partial charge in [-0.3, -0.25) is 4.90 Å². The van der Waals surface area contributed by atoms with Gasteiger partial charge < -0.3 is 10.6 Å². The zero-order chi connectivity index (χ0) is 17.1. The number of nitrogens with two attached hydrogens (primary N) is 1. The average Bonchev–Trinajstić information content (AvgIpc) is 3.03. The van der Waals surface area contributed by atoms with E-state index < -0.39 is 0 Å². The van der Waals surface area contributed by atoms with Gasteiger partial charge in [0.1, 0.15) is 0 Å². The summed E-state index contributed by atoms with van der Waals surface area (Å²) in [5, 5.41) is 7.55. The minimum Gasteiger partial charge on any atom is -0.368 e. The molecular formula is C16H22Cl2N6. The lowest BCUT2D eigenvalue weighted by atomic mass is 10.0. The molecule has 1 aromatic carbocycles. The van der Waals surface area contributed by atoms with Crippen LogP contribution in [0.15, 0.2) is 24.3 Å². The standard InChI is InChI=1S/C16H22Cl2N6/c1-23(14(18)10-11-2-4-12(17)5-3-11)13-6-8-24(9-7-13)16-20-15(19)21-22-16/h2-5,13-14H,6-10H2,1H3,(H3,19,20,21,22). The van der Waals surface area contributed by atoms with Crippen molar-refractivity contribution >= 4 is 35.1 Å². The van der Waals surface area contributed by atoms with Crippen LogP contribution in [0.4, 0.5) is 11.9 Å². The molecule has 0 spiro atoms. The van der Waals surface area contributed by atoms with Crippen molar-refractivity contribution in [3.05, 3.63) is 34.9 Å². The Bertz CT molecular complexity index is 651. The lowest BCUT2D eigenvalue weighted by molar-refractivity contribution is 0.189. The molecule has 3 rings (SSSR count). The highest BCUT2D eigenvalue weighted by Crippen LogP contribution is 2.23. The van der Waals surface area contributed by atoms with Crippen molar-refractivity contribution in [3.8, 4) is 0 Å². The average molecular weight is 369 g/mol. The summed E-state index contributed by atoms with van der Waals surface area (Å²) >= 11 is 12.6. The molecule has 1 unspecified atom stereocenters. The number of H-pyrrole nitrogens is 1. The fourth-order valence-electron chi connectivity index (χ4n) is 3.07. The monoisotopic (exact) mass is 368 g/mol. The summed E-state index contributed by atoms with van der Waals surface area (Å²) in [6.07, 6.45) is 2.84. The third-order valence-electron chi connectivity index (χ3n) is 4.57. The van der Waals surface area contributed by atoms with E-state index in [1.54, 1.807) is 0 Å². The van der Waals surface area contributed by atoms with Crippen LogP contribution in [-0.4, -0.2) is 51.8 Å². The summed E-state index contributed by atoms with van der Waals surface area (Å²) in [6, 6.07) is 8.32. The molecule has 0 amide bonds. The van der Waals surface area contributed by atoms with Crippen molar-refractivity contribution in [2.75, 3.05) is 30.8 Å². The van der Waals surface area contributed by atoms with E-state index in [9.17, 15) is 0 Å². The first kappa shape index (κ1) is 17.3. The molecule has 1 aromatic heterocycles. The van der Waals surface area contributed by atoms with Gasteiger partial charge in [-0.25, -0.2) is 5.10 Å². The predicted molar refractivity (Wildman–Crippen MR) is 98.6 cm³/mol. The fourth-order valence-corrected chi connectivity index (χ4v) is 3.53. The van der Waals surface area contributed by atoms with E-state index in [-0.39, 0.29) is 5.50 Å². The number of hydrogen-bond acceptors (Lipinski definition) is 5. The molecule has 1 saturated heterocycles. The van der Waals surface area contributed by atoms with E-state index in [1.807, 2.05) is 24.3 Å². The van der Waals surface area contributed by atoms with Crippen LogP contribution in [0, 0.1) is 0 Å². The topological polar surface area (TPSA) is 74.1 Å². The van der Waals surface area contributed by atoms with Crippen LogP contribution < -0.4 is 10.6 Å². The molecule has 0 radical (unpaired) electrons. The number of aromatic nitrogens is 3. The van der Waals surface area contributed by atoms with E-state index in [4.69, 9.17) is 28.9 Å². The molecule has 1 fully saturated rings. The molecule has 0 aliphatic carbocycles. The molecule has 130 valence electrons. The number of alkyl halides is 1. The molecule has 1 atom stereocenters. The van der Waals surface area contributed by atoms with Gasteiger partial charge in [0.15, 0.2) is 0 Å². The molecule has 2 heterocycles. The molecule has 3 N–H and O–H groups in total. The Morgan fingerprint density at radius 2 is 2.00 bits per heavy atom. The van der Waals surface area contributed by atoms with Gasteiger partial charge in [0.05, 0.1) is 5.50 Å². The summed E-state index contributed by atoms with van der Waals surface area (Å²) in [7, 11) is 2.10. The fraction of sp³-hybridized carbons (Fsp3) is 0.500. The molecule has 1 aliphatic heterocycles. The van der Waals surface area contributed by atoms with Crippen molar-refractivity contribution in [3.63, 3.8) is 0 Å². The summed E-state index contributed by atoms with van der Waals surface area (Å²) in [4.78, 5) is 8.61. The van der Waals surface area contributed by atoms with Crippen LogP contribution >= 0.6 is 23.2 Å². The highest BCUT2D eigenvalue weighted by atomic mass is 35.5. The molecule has 2 aromatic rings. The van der Waals surface area contributed by atoms with Crippen molar-refractivity contribution in [2.45, 2.75) is 30.8 Å². The minimum absolute atomic E-state index is 0.0399. The lowest BCUT2D eigenvalue weighted by Gasteiger charge is -2.38. The number of piperidine rings is 1. The first-order chi connectivity index (χ1) is 11.5. The van der Waals surface area contributed by atoms with Crippen molar-refractivity contribution in [1.29, 1.82) is 0 Å². The molecule has 6 nitrogen and oxygen atoms in total. The number of rotatable bonds is 5. The molecule has 1 aliphatic rings. The van der Waals surface area contributed by atoms with Gasteiger partial charge in [0.2, 0.25) is 11.9 Å². The van der Waals surface area contributed by atoms with Gasteiger partial charge in [-0.05, 0) is 37.6 Å². The predicted octanol–water partition coefficient (Wildman–Crippen LogP) is 2.75. The summed E-state index contributed by atoms with van der Waals surface area (Å²) in [6.45, 7) is 1.80. The normalized spacial score (nSPS) is 17.4. The SMILES string of the molecule is CN(C(Cl)Cc1ccc(Cl)cc1)C1CCN(c2n[nH]c(N)n2)CC1. The second kappa shape index (κ2) is 7.59. The number of hydrogen-bond donors (Lipinski definition) is 2. The number of benzene rings is 1. The smallest absolute Gasteiger partial charge is 0.246 e.